The van der Waals surface area contributed by atoms with Crippen LogP contribution in [0.3, 0.4) is 0 Å². The first kappa shape index (κ1) is 26.1. The van der Waals surface area contributed by atoms with Crippen molar-refractivity contribution in [3.63, 3.8) is 0 Å². The van der Waals surface area contributed by atoms with Crippen LogP contribution in [-0.4, -0.2) is 42.3 Å². The maximum Gasteiger partial charge on any atom is 0.330 e. The molecule has 0 unspecified atom stereocenters. The Hall–Kier alpha value is -2.15. The number of unbranched alkanes of at least 4 members (excludes halogenated alkanes) is 2. The molecule has 26 heavy (non-hydrogen) atoms. The van der Waals surface area contributed by atoms with Gasteiger partial charge in [0.2, 0.25) is 0 Å². The summed E-state index contributed by atoms with van der Waals surface area (Å²) in [5.41, 5.74) is 6.02. The molecule has 0 saturated carbocycles. The molecule has 7 heteroatoms. The number of carbonyl (C=O) groups excluding carboxylic acids is 2. The number of carboxylic acid groups (broad SMARTS) is 1. The number of allylic oxidation sites excluding steroid dienone is 2. The monoisotopic (exact) mass is 371 g/mol. The van der Waals surface area contributed by atoms with Gasteiger partial charge >= 0.3 is 11.9 Å². The summed E-state index contributed by atoms with van der Waals surface area (Å²) in [4.78, 5) is 31.1. The first-order chi connectivity index (χ1) is 12.3. The van der Waals surface area contributed by atoms with E-state index < -0.39 is 5.97 Å². The fourth-order valence-corrected chi connectivity index (χ4v) is 1.88. The molecule has 7 nitrogen and oxygen atoms in total. The molecule has 0 radical (unpaired) electrons. The lowest BCUT2D eigenvalue weighted by molar-refractivity contribution is -0.138. The molecule has 0 aliphatic rings. The molecule has 0 aromatic heterocycles. The highest BCUT2D eigenvalue weighted by atomic mass is 16.5. The summed E-state index contributed by atoms with van der Waals surface area (Å²) in [6.07, 6.45) is 12.0. The lowest BCUT2D eigenvalue weighted by atomic mass is 10.0. The van der Waals surface area contributed by atoms with Gasteiger partial charge in [-0.15, -0.1) is 0 Å². The van der Waals surface area contributed by atoms with E-state index in [0.29, 0.717) is 13.2 Å². The van der Waals surface area contributed by atoms with Gasteiger partial charge in [-0.3, -0.25) is 4.79 Å². The molecule has 0 aliphatic carbocycles. The number of hydrogen-bond donors (Lipinski definition) is 2. The number of aliphatic carboxylic acids is 1. The molecule has 0 heterocycles. The van der Waals surface area contributed by atoms with E-state index in [2.05, 4.69) is 0 Å². The van der Waals surface area contributed by atoms with Gasteiger partial charge in [-0.25, -0.2) is 9.59 Å². The highest BCUT2D eigenvalue weighted by Crippen LogP contribution is 2.07. The van der Waals surface area contributed by atoms with Crippen LogP contribution in [0.1, 0.15) is 59.3 Å². The molecule has 0 saturated heterocycles. The summed E-state index contributed by atoms with van der Waals surface area (Å²) in [6.45, 7) is 5.46. The minimum absolute atomic E-state index is 0.159. The minimum Gasteiger partial charge on any atom is -0.481 e. The Morgan fingerprint density at radius 2 is 1.27 bits per heavy atom. The van der Waals surface area contributed by atoms with Crippen LogP contribution in [0.15, 0.2) is 24.3 Å². The van der Waals surface area contributed by atoms with Gasteiger partial charge in [0.15, 0.2) is 0 Å². The van der Waals surface area contributed by atoms with Crippen LogP contribution in [0, 0.1) is 0 Å². The van der Waals surface area contributed by atoms with Crippen molar-refractivity contribution in [3.8, 4) is 0 Å². The van der Waals surface area contributed by atoms with E-state index in [0.717, 1.165) is 45.4 Å². The van der Waals surface area contributed by atoms with Gasteiger partial charge in [0.1, 0.15) is 0 Å². The van der Waals surface area contributed by atoms with E-state index in [1.54, 1.807) is 13.8 Å². The van der Waals surface area contributed by atoms with Gasteiger partial charge < -0.3 is 20.3 Å². The van der Waals surface area contributed by atoms with E-state index in [4.69, 9.17) is 25.1 Å². The minimum atomic E-state index is -0.833. The van der Waals surface area contributed by atoms with Crippen LogP contribution in [0.5, 0.6) is 0 Å². The quantitative estimate of drug-likeness (QED) is 0.308. The zero-order chi connectivity index (χ0) is 20.2. The number of hydrogen-bond acceptors (Lipinski definition) is 6. The molecule has 0 amide bonds. The SMILES string of the molecule is CC(=O)O.CCOC(=O)/C=C/CCCC(N)CCC/C=C/C(=O)OCC. The number of esters is 2. The van der Waals surface area contributed by atoms with Crippen LogP contribution < -0.4 is 5.73 Å². The lowest BCUT2D eigenvalue weighted by Crippen LogP contribution is -2.19. The molecule has 0 fully saturated rings. The predicted octanol–water partition coefficient (Wildman–Crippen LogP) is 2.98. The summed E-state index contributed by atoms with van der Waals surface area (Å²) in [5, 5.41) is 7.42. The molecular formula is C19H33NO6. The van der Waals surface area contributed by atoms with Gasteiger partial charge in [0, 0.05) is 25.1 Å². The molecule has 0 aromatic carbocycles. The maximum atomic E-state index is 11.1. The number of ether oxygens (including phenoxy) is 2. The van der Waals surface area contributed by atoms with Crippen molar-refractivity contribution < 1.29 is 29.0 Å². The molecule has 0 aromatic rings. The Bertz CT molecular complexity index is 407. The Labute approximate surface area is 156 Å². The Morgan fingerprint density at radius 1 is 0.923 bits per heavy atom. The molecule has 150 valence electrons. The van der Waals surface area contributed by atoms with Crippen LogP contribution in [0.2, 0.25) is 0 Å². The standard InChI is InChI=1S/C17H29NO4.C2H4O2/c1-3-21-16(19)13-9-5-7-11-15(18)12-8-6-10-14-17(20)22-4-2;1-2(3)4/h9-10,13-15H,3-8,11-12,18H2,1-2H3;1H3,(H,3,4)/b13-9+,14-10+;. The molecule has 3 N–H and O–H groups in total. The summed E-state index contributed by atoms with van der Waals surface area (Å²) in [7, 11) is 0. The third-order valence-corrected chi connectivity index (χ3v) is 2.97. The fraction of sp³-hybridized carbons (Fsp3) is 0.632. The van der Waals surface area contributed by atoms with E-state index in [9.17, 15) is 9.59 Å². The Kier molecular flexibility index (Phi) is 19.2. The highest BCUT2D eigenvalue weighted by Gasteiger charge is 2.01. The lowest BCUT2D eigenvalue weighted by Gasteiger charge is -2.09. The van der Waals surface area contributed by atoms with E-state index in [1.807, 2.05) is 12.2 Å². The van der Waals surface area contributed by atoms with Gasteiger partial charge in [-0.2, -0.15) is 0 Å². The third kappa shape index (κ3) is 24.1. The van der Waals surface area contributed by atoms with Crippen molar-refractivity contribution in [3.05, 3.63) is 24.3 Å². The van der Waals surface area contributed by atoms with Crippen molar-refractivity contribution in [2.45, 2.75) is 65.3 Å². The summed E-state index contributed by atoms with van der Waals surface area (Å²) < 4.78 is 9.58. The van der Waals surface area contributed by atoms with Crippen LogP contribution in [0.4, 0.5) is 0 Å². The van der Waals surface area contributed by atoms with Crippen molar-refractivity contribution in [1.29, 1.82) is 0 Å². The zero-order valence-corrected chi connectivity index (χ0v) is 16.1. The molecule has 0 atom stereocenters. The Balaban J connectivity index is 0. The van der Waals surface area contributed by atoms with Crippen LogP contribution in [-0.2, 0) is 23.9 Å². The van der Waals surface area contributed by atoms with Crippen LogP contribution in [0.25, 0.3) is 0 Å². The number of nitrogens with two attached hydrogens (primary N) is 1. The average molecular weight is 371 g/mol. The smallest absolute Gasteiger partial charge is 0.330 e. The third-order valence-electron chi connectivity index (χ3n) is 2.97. The van der Waals surface area contributed by atoms with E-state index in [1.165, 1.54) is 12.2 Å². The number of carbonyl (C=O) groups is 3. The van der Waals surface area contributed by atoms with Gasteiger partial charge in [0.25, 0.3) is 5.97 Å². The summed E-state index contributed by atoms with van der Waals surface area (Å²) in [6, 6.07) is 0.159. The maximum absolute atomic E-state index is 11.1. The van der Waals surface area contributed by atoms with Crippen LogP contribution >= 0.6 is 0 Å². The largest absolute Gasteiger partial charge is 0.481 e. The summed E-state index contributed by atoms with van der Waals surface area (Å²) in [5.74, 6) is -1.42. The molecule has 0 bridgehead atoms. The van der Waals surface area contributed by atoms with E-state index in [-0.39, 0.29) is 18.0 Å². The second-order valence-corrected chi connectivity index (χ2v) is 5.45. The van der Waals surface area contributed by atoms with E-state index >= 15 is 0 Å². The highest BCUT2D eigenvalue weighted by molar-refractivity contribution is 5.82. The van der Waals surface area contributed by atoms with Crippen molar-refractivity contribution in [1.82, 2.24) is 0 Å². The fourth-order valence-electron chi connectivity index (χ4n) is 1.88. The number of carboxylic acids is 1. The van der Waals surface area contributed by atoms with Crippen molar-refractivity contribution >= 4 is 17.9 Å². The second kappa shape index (κ2) is 19.2. The first-order valence-electron chi connectivity index (χ1n) is 8.95. The van der Waals surface area contributed by atoms with Crippen molar-refractivity contribution in [2.24, 2.45) is 5.73 Å². The van der Waals surface area contributed by atoms with Gasteiger partial charge in [-0.05, 0) is 52.4 Å². The first-order valence-corrected chi connectivity index (χ1v) is 8.95. The number of rotatable bonds is 12. The normalized spacial score (nSPS) is 10.7. The van der Waals surface area contributed by atoms with Gasteiger partial charge in [-0.1, -0.05) is 12.2 Å². The molecule has 0 aliphatic heterocycles. The van der Waals surface area contributed by atoms with Gasteiger partial charge in [0.05, 0.1) is 13.2 Å². The van der Waals surface area contributed by atoms with Crippen molar-refractivity contribution in [2.75, 3.05) is 13.2 Å². The topological polar surface area (TPSA) is 116 Å². The molecule has 0 rings (SSSR count). The summed E-state index contributed by atoms with van der Waals surface area (Å²) >= 11 is 0. The average Bonchev–Trinajstić information content (AvgIpc) is 2.54. The second-order valence-electron chi connectivity index (χ2n) is 5.45. The molecule has 0 spiro atoms. The molecular weight excluding hydrogens is 338 g/mol. The Morgan fingerprint density at radius 3 is 1.58 bits per heavy atom. The predicted molar refractivity (Wildman–Crippen MR) is 101 cm³/mol. The zero-order valence-electron chi connectivity index (χ0n) is 16.1.